The number of rotatable bonds is 6. The van der Waals surface area contributed by atoms with Crippen LogP contribution in [0, 0.1) is 0 Å². The number of benzene rings is 1. The van der Waals surface area contributed by atoms with Gasteiger partial charge in [-0.25, -0.2) is 4.99 Å². The summed E-state index contributed by atoms with van der Waals surface area (Å²) in [6.07, 6.45) is -0.281. The first-order valence-corrected chi connectivity index (χ1v) is 7.88. The average molecular weight is 319 g/mol. The van der Waals surface area contributed by atoms with Crippen LogP contribution in [0.4, 0.5) is 5.69 Å². The largest absolute Gasteiger partial charge is 0.392 e. The lowest BCUT2D eigenvalue weighted by Crippen LogP contribution is -2.28. The molecule has 1 amide bonds. The highest BCUT2D eigenvalue weighted by Crippen LogP contribution is 2.35. The molecular weight excluding hydrogens is 294 g/mol. The molecule has 6 heteroatoms. The minimum atomic E-state index is -0.739. The number of likely N-dealkylation sites (N-methyl/N-ethyl adjacent to an activating group) is 1. The van der Waals surface area contributed by atoms with Gasteiger partial charge in [-0.1, -0.05) is 6.07 Å². The van der Waals surface area contributed by atoms with E-state index in [1.54, 1.807) is 0 Å². The molecule has 0 heterocycles. The maximum absolute atomic E-state index is 11.6. The molecule has 1 aliphatic rings. The van der Waals surface area contributed by atoms with Crippen LogP contribution in [0.25, 0.3) is 0 Å². The van der Waals surface area contributed by atoms with Crippen LogP contribution in [-0.2, 0) is 16.0 Å². The lowest BCUT2D eigenvalue weighted by Gasteiger charge is -2.18. The first kappa shape index (κ1) is 17.4. The van der Waals surface area contributed by atoms with Crippen LogP contribution in [-0.4, -0.2) is 54.7 Å². The van der Waals surface area contributed by atoms with E-state index < -0.39 is 17.9 Å². The Labute approximate surface area is 137 Å². The number of aliphatic hydroxyl groups excluding tert-OH is 1. The maximum atomic E-state index is 11.6. The Kier molecular flexibility index (Phi) is 5.74. The van der Waals surface area contributed by atoms with Gasteiger partial charge in [0.25, 0.3) is 0 Å². The minimum absolute atomic E-state index is 0.459. The van der Waals surface area contributed by atoms with Crippen molar-refractivity contribution in [1.82, 2.24) is 4.90 Å². The summed E-state index contributed by atoms with van der Waals surface area (Å²) in [5.74, 6) is -0.280. The highest BCUT2D eigenvalue weighted by Gasteiger charge is 2.35. The summed E-state index contributed by atoms with van der Waals surface area (Å²) in [6, 6.07) is 5.66. The monoisotopic (exact) mass is 319 g/mol. The zero-order chi connectivity index (χ0) is 17.0. The van der Waals surface area contributed by atoms with E-state index in [9.17, 15) is 9.90 Å². The van der Waals surface area contributed by atoms with Crippen LogP contribution in [0.5, 0.6) is 0 Å². The lowest BCUT2D eigenvalue weighted by atomic mass is 9.99. The molecule has 0 saturated carbocycles. The molecule has 2 rings (SSSR count). The van der Waals surface area contributed by atoms with Gasteiger partial charge in [-0.05, 0) is 43.5 Å². The SMILES string of the molecule is CCOCCN(C)C(C)=Nc1ccc2c(c1)[C@@H](C(N)=O)[C@H](O)C2. The normalized spacial score (nSPS) is 20.4. The molecule has 1 aromatic carbocycles. The molecule has 1 aromatic rings. The maximum Gasteiger partial charge on any atom is 0.227 e. The summed E-state index contributed by atoms with van der Waals surface area (Å²) in [5, 5.41) is 10.0. The third-order valence-corrected chi connectivity index (χ3v) is 4.20. The van der Waals surface area contributed by atoms with Crippen molar-refractivity contribution in [2.75, 3.05) is 26.8 Å². The number of hydrogen-bond donors (Lipinski definition) is 2. The Morgan fingerprint density at radius 3 is 2.91 bits per heavy atom. The van der Waals surface area contributed by atoms with Crippen LogP contribution >= 0.6 is 0 Å². The fourth-order valence-corrected chi connectivity index (χ4v) is 2.80. The minimum Gasteiger partial charge on any atom is -0.392 e. The molecule has 3 N–H and O–H groups in total. The fourth-order valence-electron chi connectivity index (χ4n) is 2.80. The predicted molar refractivity (Wildman–Crippen MR) is 90.0 cm³/mol. The van der Waals surface area contributed by atoms with Crippen molar-refractivity contribution in [3.05, 3.63) is 29.3 Å². The van der Waals surface area contributed by atoms with Gasteiger partial charge in [0, 0.05) is 20.2 Å². The number of fused-ring (bicyclic) bond motifs is 1. The van der Waals surface area contributed by atoms with E-state index in [4.69, 9.17) is 10.5 Å². The van der Waals surface area contributed by atoms with Crippen molar-refractivity contribution in [3.63, 3.8) is 0 Å². The van der Waals surface area contributed by atoms with Gasteiger partial charge in [0.05, 0.1) is 24.3 Å². The molecule has 0 saturated heterocycles. The fraction of sp³-hybridized carbons (Fsp3) is 0.529. The second-order valence-electron chi connectivity index (χ2n) is 5.81. The molecule has 1 aliphatic carbocycles. The highest BCUT2D eigenvalue weighted by molar-refractivity contribution is 5.85. The number of aliphatic hydroxyl groups is 1. The molecule has 0 aromatic heterocycles. The van der Waals surface area contributed by atoms with Crippen molar-refractivity contribution < 1.29 is 14.6 Å². The number of amidine groups is 1. The molecular formula is C17H25N3O3. The van der Waals surface area contributed by atoms with Gasteiger partial charge in [0.2, 0.25) is 5.91 Å². The van der Waals surface area contributed by atoms with Crippen molar-refractivity contribution >= 4 is 17.4 Å². The van der Waals surface area contributed by atoms with Crippen molar-refractivity contribution in [3.8, 4) is 0 Å². The summed E-state index contributed by atoms with van der Waals surface area (Å²) in [4.78, 5) is 18.2. The van der Waals surface area contributed by atoms with E-state index in [1.165, 1.54) is 0 Å². The second-order valence-corrected chi connectivity index (χ2v) is 5.81. The first-order chi connectivity index (χ1) is 10.9. The van der Waals surface area contributed by atoms with Gasteiger partial charge in [0.1, 0.15) is 5.84 Å². The molecule has 126 valence electrons. The number of carbonyl (C=O) groups is 1. The van der Waals surface area contributed by atoms with Gasteiger partial charge in [0.15, 0.2) is 0 Å². The number of hydrogen-bond acceptors (Lipinski definition) is 4. The first-order valence-electron chi connectivity index (χ1n) is 7.88. The number of ether oxygens (including phenoxy) is 1. The number of nitrogens with zero attached hydrogens (tertiary/aromatic N) is 2. The zero-order valence-electron chi connectivity index (χ0n) is 14.0. The molecule has 0 bridgehead atoms. The van der Waals surface area contributed by atoms with E-state index in [0.29, 0.717) is 19.6 Å². The molecule has 0 spiro atoms. The van der Waals surface area contributed by atoms with E-state index >= 15 is 0 Å². The Balaban J connectivity index is 2.16. The number of aliphatic imine (C=N–C) groups is 1. The predicted octanol–water partition coefficient (Wildman–Crippen LogP) is 1.19. The molecule has 0 radical (unpaired) electrons. The third-order valence-electron chi connectivity index (χ3n) is 4.20. The van der Waals surface area contributed by atoms with Crippen molar-refractivity contribution in [2.45, 2.75) is 32.3 Å². The summed E-state index contributed by atoms with van der Waals surface area (Å²) in [7, 11) is 1.96. The van der Waals surface area contributed by atoms with Gasteiger partial charge >= 0.3 is 0 Å². The molecule has 0 fully saturated rings. The number of carbonyl (C=O) groups excluding carboxylic acids is 1. The quantitative estimate of drug-likeness (QED) is 0.468. The molecule has 0 unspecified atom stereocenters. The molecule has 6 nitrogen and oxygen atoms in total. The Hall–Kier alpha value is -1.92. The zero-order valence-corrected chi connectivity index (χ0v) is 14.0. The Morgan fingerprint density at radius 1 is 1.52 bits per heavy atom. The smallest absolute Gasteiger partial charge is 0.227 e. The number of nitrogens with two attached hydrogens (primary N) is 1. The lowest BCUT2D eigenvalue weighted by molar-refractivity contribution is -0.121. The van der Waals surface area contributed by atoms with Crippen LogP contribution in [0.3, 0.4) is 0 Å². The van der Waals surface area contributed by atoms with Gasteiger partial charge < -0.3 is 20.5 Å². The van der Waals surface area contributed by atoms with Gasteiger partial charge in [-0.3, -0.25) is 4.79 Å². The van der Waals surface area contributed by atoms with Crippen molar-refractivity contribution in [2.24, 2.45) is 10.7 Å². The van der Waals surface area contributed by atoms with E-state index in [-0.39, 0.29) is 0 Å². The summed E-state index contributed by atoms with van der Waals surface area (Å²) in [5.41, 5.74) is 7.92. The second kappa shape index (κ2) is 7.57. The van der Waals surface area contributed by atoms with Gasteiger partial charge in [-0.2, -0.15) is 0 Å². The van der Waals surface area contributed by atoms with Crippen LogP contribution in [0.2, 0.25) is 0 Å². The summed E-state index contributed by atoms with van der Waals surface area (Å²) in [6.45, 7) is 6.01. The topological polar surface area (TPSA) is 88.1 Å². The van der Waals surface area contributed by atoms with E-state index in [2.05, 4.69) is 4.99 Å². The highest BCUT2D eigenvalue weighted by atomic mass is 16.5. The third kappa shape index (κ3) is 4.09. The van der Waals surface area contributed by atoms with Crippen LogP contribution in [0.1, 0.15) is 30.9 Å². The number of amides is 1. The standard InChI is InChI=1S/C17H25N3O3/c1-4-23-8-7-20(3)11(2)19-13-6-5-12-9-15(21)16(17(18)22)14(12)10-13/h5-6,10,15-16,21H,4,7-9H2,1-3H3,(H2,18,22)/t15-,16-/m1/s1. The Bertz CT molecular complexity index is 601. The number of primary amides is 1. The Morgan fingerprint density at radius 2 is 2.26 bits per heavy atom. The van der Waals surface area contributed by atoms with E-state index in [0.717, 1.165) is 29.2 Å². The van der Waals surface area contributed by atoms with Crippen LogP contribution in [0.15, 0.2) is 23.2 Å². The molecule has 0 aliphatic heterocycles. The van der Waals surface area contributed by atoms with Crippen molar-refractivity contribution in [1.29, 1.82) is 0 Å². The van der Waals surface area contributed by atoms with E-state index in [1.807, 2.05) is 44.0 Å². The summed E-state index contributed by atoms with van der Waals surface area (Å²) >= 11 is 0. The molecule has 2 atom stereocenters. The van der Waals surface area contributed by atoms with Crippen LogP contribution < -0.4 is 5.73 Å². The van der Waals surface area contributed by atoms with Gasteiger partial charge in [-0.15, -0.1) is 0 Å². The summed E-state index contributed by atoms with van der Waals surface area (Å²) < 4.78 is 5.34. The molecule has 23 heavy (non-hydrogen) atoms. The average Bonchev–Trinajstić information content (AvgIpc) is 2.82.